The van der Waals surface area contributed by atoms with Crippen molar-refractivity contribution >= 4 is 23.8 Å². The largest absolute Gasteiger partial charge is 0.506 e. The zero-order valence-corrected chi connectivity index (χ0v) is 18.7. The first-order chi connectivity index (χ1) is 16.0. The maximum Gasteiger partial charge on any atom is 0.408 e. The number of carbonyl (C=O) groups is 2. The van der Waals surface area contributed by atoms with E-state index in [-0.39, 0.29) is 11.9 Å². The number of phenolic OH excluding ortho intramolecular Hbond substituents is 1. The Hall–Kier alpha value is -4.00. The maximum absolute atomic E-state index is 12.3. The number of benzene rings is 3. The van der Waals surface area contributed by atoms with Crippen LogP contribution in [0.25, 0.3) is 0 Å². The third-order valence-electron chi connectivity index (χ3n) is 5.32. The number of aromatic hydroxyl groups is 1. The van der Waals surface area contributed by atoms with Crippen molar-refractivity contribution in [3.05, 3.63) is 89.5 Å². The van der Waals surface area contributed by atoms with Crippen LogP contribution >= 0.6 is 0 Å². The lowest BCUT2D eigenvalue weighted by atomic mass is 10.1. The van der Waals surface area contributed by atoms with Gasteiger partial charge in [0.15, 0.2) is 0 Å². The Balaban J connectivity index is 1.55. The first kappa shape index (κ1) is 23.7. The summed E-state index contributed by atoms with van der Waals surface area (Å²) in [6.45, 7) is 2.27. The van der Waals surface area contributed by atoms with Crippen LogP contribution in [0.2, 0.25) is 0 Å². The molecule has 0 aromatic heterocycles. The Morgan fingerprint density at radius 1 is 1.00 bits per heavy atom. The van der Waals surface area contributed by atoms with E-state index in [4.69, 9.17) is 4.74 Å². The fourth-order valence-electron chi connectivity index (χ4n) is 3.40. The second-order valence-corrected chi connectivity index (χ2v) is 7.54. The van der Waals surface area contributed by atoms with Crippen LogP contribution in [0.4, 0.5) is 16.2 Å². The van der Waals surface area contributed by atoms with Gasteiger partial charge in [-0.25, -0.2) is 4.79 Å². The average molecular weight is 448 g/mol. The topological polar surface area (TPSA) is 99.7 Å². The highest BCUT2D eigenvalue weighted by Gasteiger charge is 2.15. The number of phenols is 1. The quantitative estimate of drug-likeness (QED) is 0.253. The highest BCUT2D eigenvalue weighted by atomic mass is 16.6. The number of rotatable bonds is 10. The van der Waals surface area contributed by atoms with Crippen molar-refractivity contribution in [2.75, 3.05) is 17.7 Å². The minimum absolute atomic E-state index is 0.0760. The van der Waals surface area contributed by atoms with E-state index < -0.39 is 12.1 Å². The van der Waals surface area contributed by atoms with E-state index in [0.717, 1.165) is 28.7 Å². The monoisotopic (exact) mass is 447 g/mol. The Labute approximate surface area is 193 Å². The van der Waals surface area contributed by atoms with E-state index in [2.05, 4.69) is 16.0 Å². The predicted molar refractivity (Wildman–Crippen MR) is 129 cm³/mol. The average Bonchev–Trinajstić information content (AvgIpc) is 2.86. The minimum Gasteiger partial charge on any atom is -0.506 e. The smallest absolute Gasteiger partial charge is 0.408 e. The first-order valence-corrected chi connectivity index (χ1v) is 10.8. The van der Waals surface area contributed by atoms with Gasteiger partial charge < -0.3 is 30.6 Å². The van der Waals surface area contributed by atoms with Crippen molar-refractivity contribution in [2.45, 2.75) is 32.0 Å². The van der Waals surface area contributed by atoms with Crippen molar-refractivity contribution in [1.82, 2.24) is 5.32 Å². The molecule has 172 valence electrons. The van der Waals surface area contributed by atoms with Gasteiger partial charge in [-0.1, -0.05) is 55.5 Å². The molecule has 1 unspecified atom stereocenters. The number of para-hydroxylation sites is 2. The molecule has 3 rings (SSSR count). The summed E-state index contributed by atoms with van der Waals surface area (Å²) in [7, 11) is 1.85. The fraction of sp³-hybridized carbons (Fsp3) is 0.231. The van der Waals surface area contributed by atoms with Gasteiger partial charge in [-0.15, -0.1) is 0 Å². The molecular weight excluding hydrogens is 418 g/mol. The standard InChI is InChI=1S/C26H29N3O4/c1-3-25(20-12-14-21(27-2)15-13-20)33-26(32)28-16-18-8-10-19(11-9-18)23(17-30)29-22-6-4-5-7-24(22)31/h4-15,17,23,25,27,29,31H,3,16H2,1-2H3,(H,28,32)/t23?,25-/m1/s1. The van der Waals surface area contributed by atoms with Gasteiger partial charge in [0.2, 0.25) is 0 Å². The van der Waals surface area contributed by atoms with Crippen LogP contribution in [-0.2, 0) is 16.1 Å². The van der Waals surface area contributed by atoms with Gasteiger partial charge in [0, 0.05) is 19.3 Å². The molecule has 0 aliphatic rings. The zero-order valence-electron chi connectivity index (χ0n) is 18.7. The summed E-state index contributed by atoms with van der Waals surface area (Å²) < 4.78 is 5.59. The number of alkyl carbamates (subject to hydrolysis) is 1. The van der Waals surface area contributed by atoms with Crippen molar-refractivity contribution in [3.8, 4) is 5.75 Å². The summed E-state index contributed by atoms with van der Waals surface area (Å²) in [5.74, 6) is 0.0760. The van der Waals surface area contributed by atoms with Crippen molar-refractivity contribution in [1.29, 1.82) is 0 Å². The van der Waals surface area contributed by atoms with Crippen molar-refractivity contribution in [3.63, 3.8) is 0 Å². The second kappa shape index (κ2) is 11.6. The number of hydrogen-bond donors (Lipinski definition) is 4. The first-order valence-electron chi connectivity index (χ1n) is 10.8. The fourth-order valence-corrected chi connectivity index (χ4v) is 3.40. The molecule has 3 aromatic carbocycles. The molecule has 0 aliphatic carbocycles. The van der Waals surface area contributed by atoms with Crippen molar-refractivity contribution in [2.24, 2.45) is 0 Å². The summed E-state index contributed by atoms with van der Waals surface area (Å²) in [5, 5.41) is 18.8. The van der Waals surface area contributed by atoms with Gasteiger partial charge in [-0.2, -0.15) is 0 Å². The summed E-state index contributed by atoms with van der Waals surface area (Å²) in [6.07, 6.45) is 0.631. The van der Waals surface area contributed by atoms with Crippen LogP contribution in [0.15, 0.2) is 72.8 Å². The van der Waals surface area contributed by atoms with Crippen LogP contribution in [0.5, 0.6) is 5.75 Å². The lowest BCUT2D eigenvalue weighted by molar-refractivity contribution is -0.108. The third kappa shape index (κ3) is 6.49. The zero-order chi connectivity index (χ0) is 23.6. The van der Waals surface area contributed by atoms with Crippen molar-refractivity contribution < 1.29 is 19.4 Å². The van der Waals surface area contributed by atoms with Gasteiger partial charge >= 0.3 is 6.09 Å². The molecule has 3 aromatic rings. The van der Waals surface area contributed by atoms with Gasteiger partial charge in [0.05, 0.1) is 5.69 Å². The lowest BCUT2D eigenvalue weighted by Crippen LogP contribution is -2.25. The number of aldehydes is 1. The van der Waals surface area contributed by atoms with Crippen LogP contribution < -0.4 is 16.0 Å². The van der Waals surface area contributed by atoms with Gasteiger partial charge in [0.1, 0.15) is 24.2 Å². The van der Waals surface area contributed by atoms with Crippen LogP contribution in [0.1, 0.15) is 42.2 Å². The molecule has 0 bridgehead atoms. The number of anilines is 2. The molecule has 2 atom stereocenters. The molecule has 33 heavy (non-hydrogen) atoms. The number of hydrogen-bond acceptors (Lipinski definition) is 6. The molecule has 4 N–H and O–H groups in total. The molecule has 0 saturated heterocycles. The highest BCUT2D eigenvalue weighted by Crippen LogP contribution is 2.26. The molecule has 0 aliphatic heterocycles. The lowest BCUT2D eigenvalue weighted by Gasteiger charge is -2.18. The molecule has 0 spiro atoms. The van der Waals surface area contributed by atoms with E-state index in [9.17, 15) is 14.7 Å². The molecule has 0 saturated carbocycles. The molecule has 0 fully saturated rings. The molecule has 0 radical (unpaired) electrons. The molecule has 0 heterocycles. The summed E-state index contributed by atoms with van der Waals surface area (Å²) in [5.41, 5.74) is 4.03. The van der Waals surface area contributed by atoms with E-state index in [1.807, 2.05) is 62.5 Å². The second-order valence-electron chi connectivity index (χ2n) is 7.54. The normalized spacial score (nSPS) is 12.3. The van der Waals surface area contributed by atoms with E-state index in [0.29, 0.717) is 18.7 Å². The molecule has 7 nitrogen and oxygen atoms in total. The van der Waals surface area contributed by atoms with E-state index in [1.54, 1.807) is 24.3 Å². The third-order valence-corrected chi connectivity index (χ3v) is 5.32. The van der Waals surface area contributed by atoms with E-state index in [1.165, 1.54) is 0 Å². The Morgan fingerprint density at radius 2 is 1.67 bits per heavy atom. The van der Waals surface area contributed by atoms with Gasteiger partial charge in [-0.3, -0.25) is 0 Å². The number of carbonyl (C=O) groups excluding carboxylic acids is 2. The maximum atomic E-state index is 12.3. The molecular formula is C26H29N3O4. The van der Waals surface area contributed by atoms with Crippen LogP contribution in [-0.4, -0.2) is 24.5 Å². The summed E-state index contributed by atoms with van der Waals surface area (Å²) >= 11 is 0. The number of amides is 1. The van der Waals surface area contributed by atoms with E-state index >= 15 is 0 Å². The Kier molecular flexibility index (Phi) is 8.30. The van der Waals surface area contributed by atoms with Gasteiger partial charge in [-0.05, 0) is 47.4 Å². The molecule has 1 amide bonds. The number of ether oxygens (including phenoxy) is 1. The number of nitrogens with one attached hydrogen (secondary N) is 3. The SMILES string of the molecule is CC[C@@H](OC(=O)NCc1ccc(C(C=O)Nc2ccccc2O)cc1)c1ccc(NC)cc1. The van der Waals surface area contributed by atoms with Gasteiger partial charge in [0.25, 0.3) is 0 Å². The predicted octanol–water partition coefficient (Wildman–Crippen LogP) is 5.16. The molecule has 7 heteroatoms. The van der Waals surface area contributed by atoms with Crippen LogP contribution in [0.3, 0.4) is 0 Å². The Morgan fingerprint density at radius 3 is 2.27 bits per heavy atom. The Bertz CT molecular complexity index is 1050. The minimum atomic E-state index is -0.607. The summed E-state index contributed by atoms with van der Waals surface area (Å²) in [4.78, 5) is 23.9. The summed E-state index contributed by atoms with van der Waals surface area (Å²) in [6, 6.07) is 21.2. The highest BCUT2D eigenvalue weighted by molar-refractivity contribution is 5.70. The van der Waals surface area contributed by atoms with Crippen LogP contribution in [0, 0.1) is 0 Å².